The largest absolute Gasteiger partial charge is 0.396 e. The number of hydrogen-bond donors (Lipinski definition) is 2. The maximum absolute atomic E-state index is 12.3. The first-order valence-electron chi connectivity index (χ1n) is 7.94. The summed E-state index contributed by atoms with van der Waals surface area (Å²) in [6.45, 7) is 3.80. The number of benzene rings is 1. The number of aliphatic hydroxyl groups excluding tert-OH is 1. The van der Waals surface area contributed by atoms with E-state index in [4.69, 9.17) is 9.63 Å². The zero-order valence-electron chi connectivity index (χ0n) is 13.3. The Balaban J connectivity index is 1.74. The Morgan fingerprint density at radius 3 is 2.91 bits per heavy atom. The highest BCUT2D eigenvalue weighted by Crippen LogP contribution is 2.39. The molecule has 0 radical (unpaired) electrons. The molecule has 0 saturated heterocycles. The van der Waals surface area contributed by atoms with Crippen LogP contribution in [0.5, 0.6) is 0 Å². The molecule has 1 heterocycles. The fourth-order valence-electron chi connectivity index (χ4n) is 2.24. The summed E-state index contributed by atoms with van der Waals surface area (Å²) in [6, 6.07) is 7.06. The second kappa shape index (κ2) is 6.50. The van der Waals surface area contributed by atoms with E-state index in [2.05, 4.69) is 15.5 Å². The van der Waals surface area contributed by atoms with Crippen LogP contribution in [0.4, 0.5) is 0 Å². The molecule has 6 heteroatoms. The van der Waals surface area contributed by atoms with Gasteiger partial charge >= 0.3 is 0 Å². The number of carbonyl (C=O) groups excluding carboxylic acids is 1. The maximum atomic E-state index is 12.3. The molecular formula is C17H21N3O3. The second-order valence-electron chi connectivity index (χ2n) is 6.23. The molecule has 2 N–H and O–H groups in total. The minimum atomic E-state index is -0.175. The summed E-state index contributed by atoms with van der Waals surface area (Å²) < 4.78 is 5.26. The third-order valence-electron chi connectivity index (χ3n) is 4.25. The van der Waals surface area contributed by atoms with Crippen molar-refractivity contribution in [1.82, 2.24) is 15.5 Å². The van der Waals surface area contributed by atoms with Gasteiger partial charge < -0.3 is 14.9 Å². The molecule has 1 aliphatic rings. The van der Waals surface area contributed by atoms with E-state index in [1.807, 2.05) is 19.9 Å². The first-order valence-corrected chi connectivity index (χ1v) is 7.94. The van der Waals surface area contributed by atoms with Crippen LogP contribution in [0.3, 0.4) is 0 Å². The van der Waals surface area contributed by atoms with Crippen molar-refractivity contribution >= 4 is 5.91 Å². The molecule has 0 spiro atoms. The highest BCUT2D eigenvalue weighted by Gasteiger charge is 2.29. The highest BCUT2D eigenvalue weighted by atomic mass is 16.5. The molecule has 3 rings (SSSR count). The summed E-state index contributed by atoms with van der Waals surface area (Å²) in [5.41, 5.74) is 1.30. The lowest BCUT2D eigenvalue weighted by Gasteiger charge is -2.19. The van der Waals surface area contributed by atoms with Crippen molar-refractivity contribution in [1.29, 1.82) is 0 Å². The number of hydrogen-bond acceptors (Lipinski definition) is 5. The lowest BCUT2D eigenvalue weighted by atomic mass is 10.0. The number of carbonyl (C=O) groups is 1. The highest BCUT2D eigenvalue weighted by molar-refractivity contribution is 5.95. The van der Waals surface area contributed by atoms with E-state index in [0.29, 0.717) is 23.2 Å². The molecule has 2 unspecified atom stereocenters. The van der Waals surface area contributed by atoms with E-state index < -0.39 is 0 Å². The summed E-state index contributed by atoms with van der Waals surface area (Å²) in [5.74, 6) is 1.42. The standard InChI is InChI=1S/C17H21N3O3/c1-10(9-21)11(2)18-16(22)14-5-3-4-13(8-14)15-19-17(23-20-15)12-6-7-12/h3-5,8,10-12,21H,6-7,9H2,1-2H3,(H,18,22). The van der Waals surface area contributed by atoms with Crippen LogP contribution in [0.1, 0.15) is 48.9 Å². The molecule has 0 bridgehead atoms. The van der Waals surface area contributed by atoms with Crippen LogP contribution >= 0.6 is 0 Å². The number of rotatable bonds is 6. The zero-order chi connectivity index (χ0) is 16.4. The predicted molar refractivity (Wildman–Crippen MR) is 84.9 cm³/mol. The van der Waals surface area contributed by atoms with E-state index in [-0.39, 0.29) is 24.5 Å². The normalized spacial score (nSPS) is 16.8. The number of nitrogens with one attached hydrogen (secondary N) is 1. The monoisotopic (exact) mass is 315 g/mol. The number of aliphatic hydroxyl groups is 1. The van der Waals surface area contributed by atoms with Gasteiger partial charge in [0.1, 0.15) is 0 Å². The quantitative estimate of drug-likeness (QED) is 0.854. The predicted octanol–water partition coefficient (Wildman–Crippen LogP) is 2.36. The van der Waals surface area contributed by atoms with Gasteiger partial charge in [0, 0.05) is 29.7 Å². The van der Waals surface area contributed by atoms with E-state index in [9.17, 15) is 4.79 Å². The Hall–Kier alpha value is -2.21. The first kappa shape index (κ1) is 15.7. The molecule has 1 fully saturated rings. The maximum Gasteiger partial charge on any atom is 0.251 e. The van der Waals surface area contributed by atoms with Crippen LogP contribution in [0, 0.1) is 5.92 Å². The van der Waals surface area contributed by atoms with E-state index in [1.165, 1.54) is 0 Å². The van der Waals surface area contributed by atoms with Crippen LogP contribution in [-0.2, 0) is 0 Å². The average molecular weight is 315 g/mol. The lowest BCUT2D eigenvalue weighted by Crippen LogP contribution is -2.38. The van der Waals surface area contributed by atoms with Crippen molar-refractivity contribution < 1.29 is 14.4 Å². The van der Waals surface area contributed by atoms with Crippen molar-refractivity contribution in [2.24, 2.45) is 5.92 Å². The van der Waals surface area contributed by atoms with E-state index >= 15 is 0 Å². The Bertz CT molecular complexity index is 694. The minimum Gasteiger partial charge on any atom is -0.396 e. The van der Waals surface area contributed by atoms with E-state index in [0.717, 1.165) is 18.4 Å². The van der Waals surface area contributed by atoms with Gasteiger partial charge in [-0.1, -0.05) is 24.2 Å². The van der Waals surface area contributed by atoms with Gasteiger partial charge in [0.2, 0.25) is 11.7 Å². The summed E-state index contributed by atoms with van der Waals surface area (Å²) in [4.78, 5) is 16.7. The fraction of sp³-hybridized carbons (Fsp3) is 0.471. The van der Waals surface area contributed by atoms with Crippen molar-refractivity contribution in [2.75, 3.05) is 6.61 Å². The van der Waals surface area contributed by atoms with Gasteiger partial charge in [0.05, 0.1) is 0 Å². The van der Waals surface area contributed by atoms with Gasteiger partial charge in [-0.05, 0) is 37.8 Å². The third kappa shape index (κ3) is 3.59. The van der Waals surface area contributed by atoms with Crippen molar-refractivity contribution in [3.8, 4) is 11.4 Å². The van der Waals surface area contributed by atoms with Gasteiger partial charge in [-0.2, -0.15) is 4.98 Å². The molecule has 2 atom stereocenters. The summed E-state index contributed by atoms with van der Waals surface area (Å²) in [5, 5.41) is 16.1. The molecule has 1 saturated carbocycles. The SMILES string of the molecule is CC(CO)C(C)NC(=O)c1cccc(-c2noc(C3CC3)n2)c1. The van der Waals surface area contributed by atoms with Crippen LogP contribution in [-0.4, -0.2) is 33.8 Å². The Morgan fingerprint density at radius 1 is 1.43 bits per heavy atom. The molecule has 2 aromatic rings. The molecule has 6 nitrogen and oxygen atoms in total. The van der Waals surface area contributed by atoms with Crippen LogP contribution in [0.2, 0.25) is 0 Å². The minimum absolute atomic E-state index is 0.000407. The summed E-state index contributed by atoms with van der Waals surface area (Å²) in [7, 11) is 0. The zero-order valence-corrected chi connectivity index (χ0v) is 13.3. The van der Waals surface area contributed by atoms with Crippen LogP contribution < -0.4 is 5.32 Å². The van der Waals surface area contributed by atoms with Crippen LogP contribution in [0.25, 0.3) is 11.4 Å². The lowest BCUT2D eigenvalue weighted by molar-refractivity contribution is 0.0916. The van der Waals surface area contributed by atoms with Crippen molar-refractivity contribution in [3.63, 3.8) is 0 Å². The van der Waals surface area contributed by atoms with Crippen molar-refractivity contribution in [3.05, 3.63) is 35.7 Å². The molecule has 1 aromatic carbocycles. The molecule has 1 amide bonds. The molecule has 1 aromatic heterocycles. The summed E-state index contributed by atoms with van der Waals surface area (Å²) in [6.07, 6.45) is 2.20. The molecule has 122 valence electrons. The van der Waals surface area contributed by atoms with E-state index in [1.54, 1.807) is 18.2 Å². The van der Waals surface area contributed by atoms with Crippen LogP contribution in [0.15, 0.2) is 28.8 Å². The summed E-state index contributed by atoms with van der Waals surface area (Å²) >= 11 is 0. The first-order chi connectivity index (χ1) is 11.1. The van der Waals surface area contributed by atoms with Gasteiger partial charge in [0.25, 0.3) is 5.91 Å². The smallest absolute Gasteiger partial charge is 0.251 e. The average Bonchev–Trinajstić information content (AvgIpc) is 3.31. The Kier molecular flexibility index (Phi) is 4.43. The number of nitrogens with zero attached hydrogens (tertiary/aromatic N) is 2. The third-order valence-corrected chi connectivity index (χ3v) is 4.25. The van der Waals surface area contributed by atoms with Gasteiger partial charge in [-0.25, -0.2) is 0 Å². The molecule has 0 aliphatic heterocycles. The fourth-order valence-corrected chi connectivity index (χ4v) is 2.24. The number of amides is 1. The van der Waals surface area contributed by atoms with Gasteiger partial charge in [-0.3, -0.25) is 4.79 Å². The second-order valence-corrected chi connectivity index (χ2v) is 6.23. The van der Waals surface area contributed by atoms with Gasteiger partial charge in [0.15, 0.2) is 0 Å². The Morgan fingerprint density at radius 2 is 2.22 bits per heavy atom. The van der Waals surface area contributed by atoms with Gasteiger partial charge in [-0.15, -0.1) is 0 Å². The number of aromatic nitrogens is 2. The molecule has 1 aliphatic carbocycles. The topological polar surface area (TPSA) is 88.2 Å². The Labute approximate surface area is 134 Å². The molecule has 23 heavy (non-hydrogen) atoms. The van der Waals surface area contributed by atoms with Crippen molar-refractivity contribution in [2.45, 2.75) is 38.6 Å². The molecular weight excluding hydrogens is 294 g/mol.